The maximum absolute atomic E-state index is 11.8. The standard InChI is InChI=1S/C11H18N2O4/c1-3-4-8(11(16)17)12-10(15)7-5-9(14)13(2)6-7/h7-8H,3-6H2,1-2H3,(H,12,15)(H,16,17). The number of likely N-dealkylation sites (tertiary alicyclic amines) is 1. The van der Waals surface area contributed by atoms with Gasteiger partial charge in [0.15, 0.2) is 0 Å². The first-order chi connectivity index (χ1) is 7.95. The van der Waals surface area contributed by atoms with Crippen LogP contribution in [0, 0.1) is 5.92 Å². The normalized spacial score (nSPS) is 21.4. The van der Waals surface area contributed by atoms with Crippen molar-refractivity contribution in [1.82, 2.24) is 10.2 Å². The molecule has 0 saturated carbocycles. The van der Waals surface area contributed by atoms with Crippen molar-refractivity contribution in [3.8, 4) is 0 Å². The largest absolute Gasteiger partial charge is 0.480 e. The summed E-state index contributed by atoms with van der Waals surface area (Å²) in [5.41, 5.74) is 0. The van der Waals surface area contributed by atoms with Crippen LogP contribution in [0.3, 0.4) is 0 Å². The Bertz CT molecular complexity index is 329. The Morgan fingerprint density at radius 2 is 2.24 bits per heavy atom. The molecule has 0 aliphatic carbocycles. The van der Waals surface area contributed by atoms with Gasteiger partial charge in [-0.25, -0.2) is 4.79 Å². The number of carboxylic acids is 1. The van der Waals surface area contributed by atoms with E-state index in [0.29, 0.717) is 19.4 Å². The molecule has 1 heterocycles. The topological polar surface area (TPSA) is 86.7 Å². The van der Waals surface area contributed by atoms with Gasteiger partial charge in [0.1, 0.15) is 6.04 Å². The molecule has 1 fully saturated rings. The van der Waals surface area contributed by atoms with Crippen LogP contribution in [0.5, 0.6) is 0 Å². The average molecular weight is 242 g/mol. The van der Waals surface area contributed by atoms with Crippen molar-refractivity contribution in [2.45, 2.75) is 32.2 Å². The summed E-state index contributed by atoms with van der Waals surface area (Å²) in [7, 11) is 1.64. The molecule has 17 heavy (non-hydrogen) atoms. The van der Waals surface area contributed by atoms with Crippen LogP contribution in [0.25, 0.3) is 0 Å². The van der Waals surface area contributed by atoms with Gasteiger partial charge in [-0.1, -0.05) is 13.3 Å². The summed E-state index contributed by atoms with van der Waals surface area (Å²) in [4.78, 5) is 35.4. The van der Waals surface area contributed by atoms with E-state index >= 15 is 0 Å². The summed E-state index contributed by atoms with van der Waals surface area (Å²) in [5.74, 6) is -1.87. The third kappa shape index (κ3) is 3.44. The molecule has 1 rings (SSSR count). The molecule has 2 amide bonds. The van der Waals surface area contributed by atoms with Gasteiger partial charge in [-0.05, 0) is 6.42 Å². The smallest absolute Gasteiger partial charge is 0.326 e. The second-order valence-corrected chi connectivity index (χ2v) is 4.36. The van der Waals surface area contributed by atoms with Crippen LogP contribution in [0.15, 0.2) is 0 Å². The fourth-order valence-corrected chi connectivity index (χ4v) is 1.87. The van der Waals surface area contributed by atoms with Gasteiger partial charge in [0.05, 0.1) is 5.92 Å². The van der Waals surface area contributed by atoms with Crippen molar-refractivity contribution in [2.75, 3.05) is 13.6 Å². The quantitative estimate of drug-likeness (QED) is 0.701. The van der Waals surface area contributed by atoms with Crippen LogP contribution in [0.2, 0.25) is 0 Å². The van der Waals surface area contributed by atoms with Gasteiger partial charge in [0.2, 0.25) is 11.8 Å². The number of carboxylic acid groups (broad SMARTS) is 1. The molecule has 1 aliphatic rings. The summed E-state index contributed by atoms with van der Waals surface area (Å²) >= 11 is 0. The first-order valence-electron chi connectivity index (χ1n) is 5.72. The van der Waals surface area contributed by atoms with Crippen molar-refractivity contribution < 1.29 is 19.5 Å². The molecule has 0 bridgehead atoms. The number of carbonyl (C=O) groups is 3. The van der Waals surface area contributed by atoms with Gasteiger partial charge in [-0.3, -0.25) is 9.59 Å². The van der Waals surface area contributed by atoms with Crippen molar-refractivity contribution in [1.29, 1.82) is 0 Å². The number of rotatable bonds is 5. The summed E-state index contributed by atoms with van der Waals surface area (Å²) in [6, 6.07) is -0.853. The lowest BCUT2D eigenvalue weighted by molar-refractivity contribution is -0.142. The van der Waals surface area contributed by atoms with E-state index in [1.54, 1.807) is 7.05 Å². The molecule has 1 saturated heterocycles. The number of aliphatic carboxylic acids is 1. The Labute approximate surface area is 100.0 Å². The third-order valence-corrected chi connectivity index (χ3v) is 2.90. The summed E-state index contributed by atoms with van der Waals surface area (Å²) < 4.78 is 0. The Balaban J connectivity index is 2.53. The monoisotopic (exact) mass is 242 g/mol. The SMILES string of the molecule is CCCC(NC(=O)C1CC(=O)N(C)C1)C(=O)O. The Kier molecular flexibility index (Phi) is 4.48. The lowest BCUT2D eigenvalue weighted by atomic mass is 10.1. The van der Waals surface area contributed by atoms with Gasteiger partial charge >= 0.3 is 5.97 Å². The molecular weight excluding hydrogens is 224 g/mol. The molecule has 6 heteroatoms. The predicted octanol–water partition coefficient (Wildman–Crippen LogP) is -0.166. The molecule has 2 unspecified atom stereocenters. The summed E-state index contributed by atoms with van der Waals surface area (Å²) in [6.07, 6.45) is 1.25. The van der Waals surface area contributed by atoms with Crippen LogP contribution in [-0.2, 0) is 14.4 Å². The zero-order valence-corrected chi connectivity index (χ0v) is 10.1. The molecule has 0 spiro atoms. The number of amides is 2. The third-order valence-electron chi connectivity index (χ3n) is 2.90. The maximum atomic E-state index is 11.8. The Morgan fingerprint density at radius 1 is 1.59 bits per heavy atom. The van der Waals surface area contributed by atoms with Crippen LogP contribution >= 0.6 is 0 Å². The van der Waals surface area contributed by atoms with Gasteiger partial charge in [0, 0.05) is 20.0 Å². The van der Waals surface area contributed by atoms with Crippen LogP contribution in [-0.4, -0.2) is 47.4 Å². The number of hydrogen-bond acceptors (Lipinski definition) is 3. The first kappa shape index (κ1) is 13.5. The average Bonchev–Trinajstić information content (AvgIpc) is 2.58. The molecule has 2 N–H and O–H groups in total. The molecule has 2 atom stereocenters. The second-order valence-electron chi connectivity index (χ2n) is 4.36. The Hall–Kier alpha value is -1.59. The fourth-order valence-electron chi connectivity index (χ4n) is 1.87. The molecule has 1 aliphatic heterocycles. The van der Waals surface area contributed by atoms with Crippen molar-refractivity contribution >= 4 is 17.8 Å². The molecule has 0 aromatic carbocycles. The number of carbonyl (C=O) groups excluding carboxylic acids is 2. The summed E-state index contributed by atoms with van der Waals surface area (Å²) in [6.45, 7) is 2.22. The number of hydrogen-bond donors (Lipinski definition) is 2. The van der Waals surface area contributed by atoms with Gasteiger partial charge in [0.25, 0.3) is 0 Å². The van der Waals surface area contributed by atoms with E-state index in [2.05, 4.69) is 5.32 Å². The zero-order valence-electron chi connectivity index (χ0n) is 10.1. The van der Waals surface area contributed by atoms with Crippen LogP contribution in [0.4, 0.5) is 0 Å². The summed E-state index contributed by atoms with van der Waals surface area (Å²) in [5, 5.41) is 11.4. The van der Waals surface area contributed by atoms with E-state index in [0.717, 1.165) is 0 Å². The lowest BCUT2D eigenvalue weighted by Gasteiger charge is -2.16. The minimum atomic E-state index is -1.03. The van der Waals surface area contributed by atoms with Crippen molar-refractivity contribution in [3.05, 3.63) is 0 Å². The zero-order chi connectivity index (χ0) is 13.0. The van der Waals surface area contributed by atoms with Crippen molar-refractivity contribution in [2.24, 2.45) is 5.92 Å². The molecule has 96 valence electrons. The second kappa shape index (κ2) is 5.65. The number of nitrogens with one attached hydrogen (secondary N) is 1. The van der Waals surface area contributed by atoms with E-state index in [1.807, 2.05) is 6.92 Å². The predicted molar refractivity (Wildman–Crippen MR) is 60.2 cm³/mol. The highest BCUT2D eigenvalue weighted by Gasteiger charge is 2.33. The minimum absolute atomic E-state index is 0.0764. The first-order valence-corrected chi connectivity index (χ1v) is 5.72. The van der Waals surface area contributed by atoms with Crippen molar-refractivity contribution in [3.63, 3.8) is 0 Å². The minimum Gasteiger partial charge on any atom is -0.480 e. The van der Waals surface area contributed by atoms with Crippen LogP contribution in [0.1, 0.15) is 26.2 Å². The van der Waals surface area contributed by atoms with Crippen LogP contribution < -0.4 is 5.32 Å². The van der Waals surface area contributed by atoms with Gasteiger partial charge in [-0.2, -0.15) is 0 Å². The van der Waals surface area contributed by atoms with E-state index in [-0.39, 0.29) is 18.2 Å². The van der Waals surface area contributed by atoms with E-state index in [9.17, 15) is 14.4 Å². The lowest BCUT2D eigenvalue weighted by Crippen LogP contribution is -2.44. The molecule has 0 aromatic heterocycles. The van der Waals surface area contributed by atoms with E-state index < -0.39 is 17.9 Å². The fraction of sp³-hybridized carbons (Fsp3) is 0.727. The van der Waals surface area contributed by atoms with E-state index in [4.69, 9.17) is 5.11 Å². The Morgan fingerprint density at radius 3 is 2.65 bits per heavy atom. The van der Waals surface area contributed by atoms with E-state index in [1.165, 1.54) is 4.90 Å². The molecule has 0 radical (unpaired) electrons. The molecular formula is C11H18N2O4. The van der Waals surface area contributed by atoms with Gasteiger partial charge < -0.3 is 15.3 Å². The molecule has 0 aromatic rings. The highest BCUT2D eigenvalue weighted by molar-refractivity contribution is 5.91. The maximum Gasteiger partial charge on any atom is 0.326 e. The molecule has 6 nitrogen and oxygen atoms in total. The highest BCUT2D eigenvalue weighted by Crippen LogP contribution is 2.16. The van der Waals surface area contributed by atoms with Gasteiger partial charge in [-0.15, -0.1) is 0 Å². The highest BCUT2D eigenvalue weighted by atomic mass is 16.4. The number of nitrogens with zero attached hydrogens (tertiary/aromatic N) is 1.